The van der Waals surface area contributed by atoms with Crippen LogP contribution in [-0.4, -0.2) is 18.3 Å². The first-order valence-electron chi connectivity index (χ1n) is 4.40. The zero-order chi connectivity index (χ0) is 10.6. The summed E-state index contributed by atoms with van der Waals surface area (Å²) in [4.78, 5) is 0. The van der Waals surface area contributed by atoms with Gasteiger partial charge in [0.15, 0.2) is 0 Å². The minimum absolute atomic E-state index is 0.810. The molecule has 0 saturated heterocycles. The van der Waals surface area contributed by atoms with Crippen molar-refractivity contribution in [2.75, 3.05) is 0 Å². The van der Waals surface area contributed by atoms with Crippen LogP contribution in [0.4, 0.5) is 0 Å². The first-order chi connectivity index (χ1) is 7.15. The molecule has 0 amide bonds. The van der Waals surface area contributed by atoms with Gasteiger partial charge in [-0.1, -0.05) is 57.4 Å². The van der Waals surface area contributed by atoms with Crippen LogP contribution in [0.3, 0.4) is 0 Å². The molecule has 1 aliphatic carbocycles. The molecule has 0 unspecified atom stereocenters. The molecule has 0 radical (unpaired) electrons. The molecule has 0 nitrogen and oxygen atoms in total. The molecule has 2 heterocycles. The Balaban J connectivity index is 1.95. The molecule has 0 aromatic carbocycles. The molecular weight excluding hydrogens is 510 g/mol. The molecule has 4 atom stereocenters. The predicted octanol–water partition coefficient (Wildman–Crippen LogP) is 5.48. The third-order valence-electron chi connectivity index (χ3n) is 2.50. The highest BCUT2D eigenvalue weighted by atomic mass is 127. The van der Waals surface area contributed by atoms with Crippen molar-refractivity contribution in [2.45, 2.75) is 33.2 Å². The number of rotatable bonds is 0. The van der Waals surface area contributed by atoms with Gasteiger partial charge in [-0.3, -0.25) is 0 Å². The Bertz CT molecular complexity index is 438. The zero-order valence-corrected chi connectivity index (χ0v) is 15.7. The maximum absolute atomic E-state index is 5.27. The summed E-state index contributed by atoms with van der Waals surface area (Å²) < 4.78 is 5.74. The Morgan fingerprint density at radius 3 is 2.53 bits per heavy atom. The maximum Gasteiger partial charge on any atom is 0.145 e. The van der Waals surface area contributed by atoms with Crippen LogP contribution in [0.1, 0.15) is 6.42 Å². The van der Waals surface area contributed by atoms with Crippen molar-refractivity contribution in [1.82, 2.24) is 0 Å². The molecule has 0 N–H and O–H groups in total. The van der Waals surface area contributed by atoms with Crippen molar-refractivity contribution in [3.05, 3.63) is 3.14 Å². The minimum Gasteiger partial charge on any atom is -0.109 e. The highest BCUT2D eigenvalue weighted by Crippen LogP contribution is 2.57. The average Bonchev–Trinajstić information content (AvgIpc) is 2.65. The summed E-state index contributed by atoms with van der Waals surface area (Å²) in [5.41, 5.74) is 0. The average molecular weight is 516 g/mol. The standard InChI is InChI=1S/C8H6I2S5/c9-2-1-3-5(4(2)10)13-7-6(12-3)14-8(11)15-7/h2-5H,1H2/t2-,3-,4-,5+/m1/s1. The van der Waals surface area contributed by atoms with Gasteiger partial charge in [-0.2, -0.15) is 0 Å². The van der Waals surface area contributed by atoms with Gasteiger partial charge in [0.05, 0.1) is 8.42 Å². The fourth-order valence-electron chi connectivity index (χ4n) is 1.81. The molecule has 7 heteroatoms. The van der Waals surface area contributed by atoms with Crippen LogP contribution in [0.15, 0.2) is 8.42 Å². The van der Waals surface area contributed by atoms with Crippen molar-refractivity contribution in [1.29, 1.82) is 0 Å². The molecule has 1 fully saturated rings. The van der Waals surface area contributed by atoms with Crippen molar-refractivity contribution in [3.8, 4) is 0 Å². The first-order valence-corrected chi connectivity index (χ1v) is 10.7. The molecular formula is C8H6I2S5. The number of hydrogen-bond donors (Lipinski definition) is 0. The molecule has 1 aromatic rings. The smallest absolute Gasteiger partial charge is 0.109 e. The summed E-state index contributed by atoms with van der Waals surface area (Å²) in [5, 5.41) is 1.64. The van der Waals surface area contributed by atoms with E-state index in [1.807, 2.05) is 22.7 Å². The van der Waals surface area contributed by atoms with E-state index >= 15 is 0 Å². The van der Waals surface area contributed by atoms with Gasteiger partial charge in [-0.15, -0.1) is 46.2 Å². The fourth-order valence-corrected chi connectivity index (χ4v) is 12.1. The van der Waals surface area contributed by atoms with Gasteiger partial charge in [-0.25, -0.2) is 0 Å². The van der Waals surface area contributed by atoms with Crippen molar-refractivity contribution < 1.29 is 0 Å². The summed E-state index contributed by atoms with van der Waals surface area (Å²) in [6, 6.07) is 0. The number of fused-ring (bicyclic) bond motifs is 2. The number of hydrogen-bond acceptors (Lipinski definition) is 5. The number of halogens is 2. The van der Waals surface area contributed by atoms with E-state index in [9.17, 15) is 0 Å². The van der Waals surface area contributed by atoms with E-state index in [-0.39, 0.29) is 0 Å². The quantitative estimate of drug-likeness (QED) is 0.255. The highest BCUT2D eigenvalue weighted by Gasteiger charge is 2.45. The molecule has 1 saturated carbocycles. The number of alkyl halides is 2. The second-order valence-electron chi connectivity index (χ2n) is 3.46. The second kappa shape index (κ2) is 4.84. The monoisotopic (exact) mass is 516 g/mol. The largest absolute Gasteiger partial charge is 0.145 e. The van der Waals surface area contributed by atoms with E-state index in [2.05, 4.69) is 68.7 Å². The van der Waals surface area contributed by atoms with Gasteiger partial charge in [-0.05, 0) is 6.42 Å². The zero-order valence-electron chi connectivity index (χ0n) is 7.31. The van der Waals surface area contributed by atoms with E-state index in [1.165, 1.54) is 14.8 Å². The van der Waals surface area contributed by atoms with Crippen LogP contribution in [0.2, 0.25) is 0 Å². The van der Waals surface area contributed by atoms with Gasteiger partial charge in [0, 0.05) is 18.3 Å². The molecule has 1 aromatic heterocycles. The van der Waals surface area contributed by atoms with E-state index in [1.54, 1.807) is 0 Å². The molecule has 82 valence electrons. The van der Waals surface area contributed by atoms with E-state index in [4.69, 9.17) is 12.2 Å². The number of thioether (sulfide) groups is 2. The summed E-state index contributed by atoms with van der Waals surface area (Å²) in [7, 11) is 0. The van der Waals surface area contributed by atoms with Crippen LogP contribution in [-0.2, 0) is 0 Å². The predicted molar refractivity (Wildman–Crippen MR) is 92.6 cm³/mol. The highest BCUT2D eigenvalue weighted by molar-refractivity contribution is 14.1. The van der Waals surface area contributed by atoms with Crippen LogP contribution < -0.4 is 0 Å². The van der Waals surface area contributed by atoms with Gasteiger partial charge in [0.1, 0.15) is 3.14 Å². The molecule has 3 rings (SSSR count). The summed E-state index contributed by atoms with van der Waals surface area (Å²) in [6.45, 7) is 0. The Kier molecular flexibility index (Phi) is 4.02. The molecule has 2 aliphatic rings. The van der Waals surface area contributed by atoms with E-state index in [0.717, 1.165) is 21.5 Å². The van der Waals surface area contributed by atoms with Gasteiger partial charge in [0.25, 0.3) is 0 Å². The first kappa shape index (κ1) is 12.5. The van der Waals surface area contributed by atoms with Gasteiger partial charge in [0.2, 0.25) is 0 Å². The van der Waals surface area contributed by atoms with Crippen LogP contribution >= 0.6 is 104 Å². The summed E-state index contributed by atoms with van der Waals surface area (Å²) >= 11 is 18.3. The SMILES string of the molecule is S=c1sc2c(s1)S[C@@H]1C[C@@H](I)[C@@H](I)[C@H]1S2. The van der Waals surface area contributed by atoms with Crippen LogP contribution in [0.25, 0.3) is 0 Å². The maximum atomic E-state index is 5.27. The van der Waals surface area contributed by atoms with Crippen LogP contribution in [0.5, 0.6) is 0 Å². The lowest BCUT2D eigenvalue weighted by molar-refractivity contribution is 0.926. The van der Waals surface area contributed by atoms with Gasteiger partial charge < -0.3 is 0 Å². The van der Waals surface area contributed by atoms with Gasteiger partial charge >= 0.3 is 0 Å². The van der Waals surface area contributed by atoms with Crippen LogP contribution in [0, 0.1) is 3.14 Å². The molecule has 0 spiro atoms. The summed E-state index contributed by atoms with van der Waals surface area (Å²) in [6.07, 6.45) is 1.37. The fraction of sp³-hybridized carbons (Fsp3) is 0.625. The minimum atomic E-state index is 0.810. The Labute approximate surface area is 138 Å². The molecule has 15 heavy (non-hydrogen) atoms. The van der Waals surface area contributed by atoms with E-state index < -0.39 is 0 Å². The van der Waals surface area contributed by atoms with Crippen molar-refractivity contribution in [3.63, 3.8) is 0 Å². The topological polar surface area (TPSA) is 0 Å². The third-order valence-corrected chi connectivity index (χ3v) is 13.7. The lowest BCUT2D eigenvalue weighted by Crippen LogP contribution is -2.23. The Morgan fingerprint density at radius 2 is 1.80 bits per heavy atom. The summed E-state index contributed by atoms with van der Waals surface area (Å²) in [5.74, 6) is 0. The molecule has 1 aliphatic heterocycles. The molecule has 0 bridgehead atoms. The van der Waals surface area contributed by atoms with Crippen molar-refractivity contribution >= 4 is 104 Å². The normalized spacial score (nSPS) is 38.8. The Hall–Kier alpha value is 2.43. The Morgan fingerprint density at radius 1 is 1.13 bits per heavy atom. The van der Waals surface area contributed by atoms with Crippen molar-refractivity contribution in [2.24, 2.45) is 0 Å². The van der Waals surface area contributed by atoms with E-state index in [0.29, 0.717) is 0 Å². The third kappa shape index (κ3) is 2.32. The lowest BCUT2D eigenvalue weighted by Gasteiger charge is -2.25. The second-order valence-corrected chi connectivity index (χ2v) is 12.7. The lowest BCUT2D eigenvalue weighted by atomic mass is 10.4.